The summed E-state index contributed by atoms with van der Waals surface area (Å²) in [5, 5.41) is 3.02. The van der Waals surface area contributed by atoms with Gasteiger partial charge in [0.15, 0.2) is 0 Å². The van der Waals surface area contributed by atoms with E-state index in [9.17, 15) is 4.79 Å². The molecule has 0 spiro atoms. The van der Waals surface area contributed by atoms with Crippen LogP contribution in [0.5, 0.6) is 0 Å². The average molecular weight is 296 g/mol. The van der Waals surface area contributed by atoms with Crippen LogP contribution < -0.4 is 5.32 Å². The van der Waals surface area contributed by atoms with Crippen molar-refractivity contribution < 1.29 is 9.21 Å². The predicted molar refractivity (Wildman–Crippen MR) is 82.7 cm³/mol. The fourth-order valence-corrected chi connectivity index (χ4v) is 3.19. The molecule has 1 aromatic heterocycles. The number of thioether (sulfide) groups is 1. The van der Waals surface area contributed by atoms with Gasteiger partial charge in [-0.25, -0.2) is 0 Å². The first-order valence-electron chi connectivity index (χ1n) is 7.29. The molecule has 1 saturated heterocycles. The quantitative estimate of drug-likeness (QED) is 0.785. The Balaban J connectivity index is 1.50. The Labute approximate surface area is 125 Å². The molecule has 1 amide bonds. The topological polar surface area (TPSA) is 45.5 Å². The number of hydrogen-bond acceptors (Lipinski definition) is 4. The van der Waals surface area contributed by atoms with Gasteiger partial charge in [-0.2, -0.15) is 11.8 Å². The number of nitrogens with zero attached hydrogens (tertiary/aromatic N) is 1. The summed E-state index contributed by atoms with van der Waals surface area (Å²) >= 11 is 1.78. The van der Waals surface area contributed by atoms with E-state index in [-0.39, 0.29) is 5.91 Å². The summed E-state index contributed by atoms with van der Waals surface area (Å²) in [6, 6.07) is 3.88. The lowest BCUT2D eigenvalue weighted by Gasteiger charge is -2.28. The summed E-state index contributed by atoms with van der Waals surface area (Å²) in [5.74, 6) is 3.57. The van der Waals surface area contributed by atoms with Crippen molar-refractivity contribution >= 4 is 17.7 Å². The average Bonchev–Trinajstić information content (AvgIpc) is 2.94. The molecule has 1 aromatic rings. The van der Waals surface area contributed by atoms with Crippen LogP contribution in [0.15, 0.2) is 22.8 Å². The van der Waals surface area contributed by atoms with E-state index in [1.54, 1.807) is 18.0 Å². The molecule has 0 aliphatic carbocycles. The molecule has 20 heavy (non-hydrogen) atoms. The highest BCUT2D eigenvalue weighted by molar-refractivity contribution is 7.98. The molecule has 0 bridgehead atoms. The van der Waals surface area contributed by atoms with E-state index < -0.39 is 0 Å². The third kappa shape index (κ3) is 5.59. The van der Waals surface area contributed by atoms with E-state index in [4.69, 9.17) is 4.42 Å². The Morgan fingerprint density at radius 3 is 3.00 bits per heavy atom. The van der Waals surface area contributed by atoms with Crippen LogP contribution in [0.4, 0.5) is 0 Å². The molecule has 0 atom stereocenters. The lowest BCUT2D eigenvalue weighted by molar-refractivity contribution is -0.122. The van der Waals surface area contributed by atoms with Gasteiger partial charge in [-0.1, -0.05) is 0 Å². The molecule has 2 heterocycles. The Morgan fingerprint density at radius 2 is 2.30 bits per heavy atom. The molecular formula is C15H24N2O2S. The van der Waals surface area contributed by atoms with Gasteiger partial charge in [0.2, 0.25) is 5.91 Å². The van der Waals surface area contributed by atoms with Crippen molar-refractivity contribution in [3.63, 3.8) is 0 Å². The fourth-order valence-electron chi connectivity index (χ4n) is 2.43. The number of rotatable bonds is 7. The van der Waals surface area contributed by atoms with E-state index in [1.165, 1.54) is 0 Å². The summed E-state index contributed by atoms with van der Waals surface area (Å²) in [4.78, 5) is 14.2. The number of likely N-dealkylation sites (tertiary alicyclic amines) is 1. The van der Waals surface area contributed by atoms with Crippen molar-refractivity contribution in [2.24, 2.45) is 5.92 Å². The van der Waals surface area contributed by atoms with Crippen LogP contribution in [0.1, 0.15) is 25.0 Å². The van der Waals surface area contributed by atoms with Gasteiger partial charge in [-0.15, -0.1) is 0 Å². The van der Waals surface area contributed by atoms with Gasteiger partial charge in [0.1, 0.15) is 5.76 Å². The first-order valence-corrected chi connectivity index (χ1v) is 8.45. The molecule has 2 rings (SSSR count). The second-order valence-corrected chi connectivity index (χ2v) is 6.54. The highest BCUT2D eigenvalue weighted by atomic mass is 32.2. The van der Waals surface area contributed by atoms with Gasteiger partial charge in [0, 0.05) is 18.7 Å². The molecule has 0 saturated carbocycles. The molecule has 1 N–H and O–H groups in total. The summed E-state index contributed by atoms with van der Waals surface area (Å²) in [6.45, 7) is 2.99. The standard InChI is InChI=1S/C15H24N2O2S/c1-17-7-4-13(5-8-17)11-15(18)16-6-10-20-12-14-3-2-9-19-14/h2-3,9,13H,4-8,10-12H2,1H3,(H,16,18). The van der Waals surface area contributed by atoms with Crippen LogP contribution in [0.25, 0.3) is 0 Å². The molecule has 1 aliphatic rings. The minimum Gasteiger partial charge on any atom is -0.468 e. The van der Waals surface area contributed by atoms with Gasteiger partial charge in [0.25, 0.3) is 0 Å². The maximum Gasteiger partial charge on any atom is 0.220 e. The minimum atomic E-state index is 0.207. The van der Waals surface area contributed by atoms with Crippen molar-refractivity contribution in [2.75, 3.05) is 32.4 Å². The van der Waals surface area contributed by atoms with Crippen molar-refractivity contribution in [2.45, 2.75) is 25.0 Å². The summed E-state index contributed by atoms with van der Waals surface area (Å²) in [7, 11) is 2.15. The Hall–Kier alpha value is -0.940. The van der Waals surface area contributed by atoms with Gasteiger partial charge in [-0.05, 0) is 51.0 Å². The van der Waals surface area contributed by atoms with Crippen molar-refractivity contribution in [3.8, 4) is 0 Å². The SMILES string of the molecule is CN1CCC(CC(=O)NCCSCc2ccco2)CC1. The molecule has 1 fully saturated rings. The zero-order chi connectivity index (χ0) is 14.2. The van der Waals surface area contributed by atoms with E-state index in [1.807, 2.05) is 12.1 Å². The van der Waals surface area contributed by atoms with Gasteiger partial charge < -0.3 is 14.6 Å². The van der Waals surface area contributed by atoms with Gasteiger partial charge in [-0.3, -0.25) is 4.79 Å². The fraction of sp³-hybridized carbons (Fsp3) is 0.667. The number of nitrogens with one attached hydrogen (secondary N) is 1. The van der Waals surface area contributed by atoms with Crippen LogP contribution in [0, 0.1) is 5.92 Å². The summed E-state index contributed by atoms with van der Waals surface area (Å²) in [5.41, 5.74) is 0. The van der Waals surface area contributed by atoms with E-state index in [2.05, 4.69) is 17.3 Å². The molecular weight excluding hydrogens is 272 g/mol. The highest BCUT2D eigenvalue weighted by Crippen LogP contribution is 2.19. The second kappa shape index (κ2) is 8.37. The lowest BCUT2D eigenvalue weighted by Crippen LogP contribution is -2.34. The van der Waals surface area contributed by atoms with Crippen LogP contribution >= 0.6 is 11.8 Å². The van der Waals surface area contributed by atoms with Crippen molar-refractivity contribution in [1.82, 2.24) is 10.2 Å². The van der Waals surface area contributed by atoms with Crippen molar-refractivity contribution in [1.29, 1.82) is 0 Å². The Bertz CT molecular complexity index is 387. The normalized spacial score (nSPS) is 17.2. The molecule has 0 unspecified atom stereocenters. The number of carbonyl (C=O) groups is 1. The molecule has 0 radical (unpaired) electrons. The first-order chi connectivity index (χ1) is 9.74. The van der Waals surface area contributed by atoms with E-state index in [0.717, 1.165) is 49.7 Å². The molecule has 4 nitrogen and oxygen atoms in total. The molecule has 1 aliphatic heterocycles. The zero-order valence-corrected chi connectivity index (χ0v) is 13.0. The summed E-state index contributed by atoms with van der Waals surface area (Å²) in [6.07, 6.45) is 4.68. The second-order valence-electron chi connectivity index (χ2n) is 5.43. The van der Waals surface area contributed by atoms with E-state index in [0.29, 0.717) is 12.3 Å². The Kier molecular flexibility index (Phi) is 6.47. The number of hydrogen-bond donors (Lipinski definition) is 1. The zero-order valence-electron chi connectivity index (χ0n) is 12.1. The third-order valence-electron chi connectivity index (χ3n) is 3.71. The number of furan rings is 1. The highest BCUT2D eigenvalue weighted by Gasteiger charge is 2.19. The Morgan fingerprint density at radius 1 is 1.50 bits per heavy atom. The minimum absolute atomic E-state index is 0.207. The first kappa shape index (κ1) is 15.4. The number of piperidine rings is 1. The van der Waals surface area contributed by atoms with Crippen LogP contribution in [0.2, 0.25) is 0 Å². The maximum absolute atomic E-state index is 11.8. The van der Waals surface area contributed by atoms with Crippen LogP contribution in [0.3, 0.4) is 0 Å². The monoisotopic (exact) mass is 296 g/mol. The predicted octanol–water partition coefficient (Wildman–Crippen LogP) is 2.36. The number of carbonyl (C=O) groups excluding carboxylic acids is 1. The van der Waals surface area contributed by atoms with Crippen LogP contribution in [-0.2, 0) is 10.5 Å². The lowest BCUT2D eigenvalue weighted by atomic mass is 9.93. The molecule has 0 aromatic carbocycles. The van der Waals surface area contributed by atoms with Crippen LogP contribution in [-0.4, -0.2) is 43.2 Å². The van der Waals surface area contributed by atoms with Gasteiger partial charge in [0.05, 0.1) is 12.0 Å². The molecule has 5 heteroatoms. The maximum atomic E-state index is 11.8. The molecule has 112 valence electrons. The van der Waals surface area contributed by atoms with E-state index >= 15 is 0 Å². The smallest absolute Gasteiger partial charge is 0.220 e. The third-order valence-corrected chi connectivity index (χ3v) is 4.69. The van der Waals surface area contributed by atoms with Gasteiger partial charge >= 0.3 is 0 Å². The summed E-state index contributed by atoms with van der Waals surface area (Å²) < 4.78 is 5.26. The largest absolute Gasteiger partial charge is 0.468 e. The number of amides is 1. The van der Waals surface area contributed by atoms with Crippen molar-refractivity contribution in [3.05, 3.63) is 24.2 Å².